The fourth-order valence-corrected chi connectivity index (χ4v) is 3.98. The van der Waals surface area contributed by atoms with Crippen LogP contribution < -0.4 is 5.32 Å². The molecular formula is C20H33N. The molecule has 1 heteroatoms. The van der Waals surface area contributed by atoms with Gasteiger partial charge in [-0.3, -0.25) is 0 Å². The third kappa shape index (κ3) is 4.32. The fourth-order valence-electron chi connectivity index (χ4n) is 3.98. The van der Waals surface area contributed by atoms with Crippen LogP contribution >= 0.6 is 0 Å². The summed E-state index contributed by atoms with van der Waals surface area (Å²) in [7, 11) is 2.14. The molecule has 1 aliphatic rings. The van der Waals surface area contributed by atoms with E-state index in [0.29, 0.717) is 6.04 Å². The van der Waals surface area contributed by atoms with Crippen LogP contribution in [0.2, 0.25) is 0 Å². The van der Waals surface area contributed by atoms with Crippen LogP contribution in [0.25, 0.3) is 0 Å². The van der Waals surface area contributed by atoms with Gasteiger partial charge in [-0.2, -0.15) is 0 Å². The molecule has 0 amide bonds. The Morgan fingerprint density at radius 3 is 2.24 bits per heavy atom. The normalized spacial score (nSPS) is 24.3. The van der Waals surface area contributed by atoms with Crippen LogP contribution in [-0.4, -0.2) is 13.1 Å². The van der Waals surface area contributed by atoms with Crippen molar-refractivity contribution in [1.29, 1.82) is 0 Å². The van der Waals surface area contributed by atoms with Crippen molar-refractivity contribution in [1.82, 2.24) is 5.32 Å². The number of hydrogen-bond acceptors (Lipinski definition) is 1. The molecule has 1 aliphatic carbocycles. The molecule has 1 aromatic rings. The maximum atomic E-state index is 3.61. The van der Waals surface area contributed by atoms with Crippen LogP contribution in [0.15, 0.2) is 18.2 Å². The van der Waals surface area contributed by atoms with E-state index in [4.69, 9.17) is 0 Å². The molecule has 1 nitrogen and oxygen atoms in total. The molecule has 118 valence electrons. The Bertz CT molecular complexity index is 441. The van der Waals surface area contributed by atoms with Gasteiger partial charge in [-0.15, -0.1) is 0 Å². The monoisotopic (exact) mass is 287 g/mol. The first-order valence-electron chi connectivity index (χ1n) is 8.74. The summed E-state index contributed by atoms with van der Waals surface area (Å²) >= 11 is 0. The van der Waals surface area contributed by atoms with Crippen molar-refractivity contribution in [3.05, 3.63) is 34.9 Å². The van der Waals surface area contributed by atoms with Crippen LogP contribution in [0.4, 0.5) is 0 Å². The number of hydrogen-bond donors (Lipinski definition) is 1. The molecule has 0 spiro atoms. The van der Waals surface area contributed by atoms with Crippen molar-refractivity contribution in [2.45, 2.75) is 65.8 Å². The summed E-state index contributed by atoms with van der Waals surface area (Å²) in [5.74, 6) is 2.67. The minimum absolute atomic E-state index is 0.638. The van der Waals surface area contributed by atoms with Crippen molar-refractivity contribution in [2.24, 2.45) is 17.8 Å². The maximum absolute atomic E-state index is 3.61. The lowest BCUT2D eigenvalue weighted by atomic mass is 9.73. The quantitative estimate of drug-likeness (QED) is 0.812. The van der Waals surface area contributed by atoms with Gasteiger partial charge in [0.2, 0.25) is 0 Å². The maximum Gasteiger partial charge on any atom is 0.0133 e. The molecule has 0 radical (unpaired) electrons. The van der Waals surface area contributed by atoms with Gasteiger partial charge in [0.15, 0.2) is 0 Å². The molecule has 0 saturated heterocycles. The third-order valence-corrected chi connectivity index (χ3v) is 5.64. The molecule has 1 N–H and O–H groups in total. The summed E-state index contributed by atoms with van der Waals surface area (Å²) in [6.07, 6.45) is 6.83. The number of nitrogens with one attached hydrogen (secondary N) is 1. The van der Waals surface area contributed by atoms with E-state index >= 15 is 0 Å². The Kier molecular flexibility index (Phi) is 5.87. The van der Waals surface area contributed by atoms with Gasteiger partial charge in [0.05, 0.1) is 0 Å². The zero-order valence-electron chi connectivity index (χ0n) is 14.6. The number of aryl methyl sites for hydroxylation is 2. The first-order valence-corrected chi connectivity index (χ1v) is 8.74. The van der Waals surface area contributed by atoms with Crippen molar-refractivity contribution < 1.29 is 0 Å². The molecule has 21 heavy (non-hydrogen) atoms. The first-order chi connectivity index (χ1) is 10.0. The summed E-state index contributed by atoms with van der Waals surface area (Å²) < 4.78 is 0. The molecule has 0 aromatic heterocycles. The van der Waals surface area contributed by atoms with E-state index in [9.17, 15) is 0 Å². The Hall–Kier alpha value is -0.820. The molecule has 2 rings (SSSR count). The number of benzene rings is 1. The van der Waals surface area contributed by atoms with E-state index in [-0.39, 0.29) is 0 Å². The van der Waals surface area contributed by atoms with Crippen LogP contribution in [0.3, 0.4) is 0 Å². The van der Waals surface area contributed by atoms with Gasteiger partial charge < -0.3 is 5.32 Å². The van der Waals surface area contributed by atoms with E-state index < -0.39 is 0 Å². The van der Waals surface area contributed by atoms with Crippen molar-refractivity contribution >= 4 is 0 Å². The Labute approximate surface area is 131 Å². The molecular weight excluding hydrogens is 254 g/mol. The lowest BCUT2D eigenvalue weighted by Gasteiger charge is -2.35. The zero-order valence-corrected chi connectivity index (χ0v) is 14.6. The van der Waals surface area contributed by atoms with Crippen LogP contribution in [-0.2, 0) is 6.42 Å². The fraction of sp³-hybridized carbons (Fsp3) is 0.700. The Morgan fingerprint density at radius 2 is 1.67 bits per heavy atom. The largest absolute Gasteiger partial charge is 0.316 e. The molecule has 1 aromatic carbocycles. The second-order valence-corrected chi connectivity index (χ2v) is 7.45. The minimum atomic E-state index is 0.638. The van der Waals surface area contributed by atoms with Crippen LogP contribution in [0, 0.1) is 31.6 Å². The van der Waals surface area contributed by atoms with Crippen LogP contribution in [0.1, 0.15) is 56.2 Å². The molecule has 1 fully saturated rings. The number of likely N-dealkylation sites (N-methyl/N-ethyl adjacent to an activating group) is 1. The van der Waals surface area contributed by atoms with E-state index in [1.54, 1.807) is 0 Å². The molecule has 0 heterocycles. The molecule has 1 unspecified atom stereocenters. The highest BCUT2D eigenvalue weighted by Crippen LogP contribution is 2.35. The molecule has 1 saturated carbocycles. The highest BCUT2D eigenvalue weighted by molar-refractivity contribution is 5.31. The summed E-state index contributed by atoms with van der Waals surface area (Å²) in [5.41, 5.74) is 4.35. The third-order valence-electron chi connectivity index (χ3n) is 5.64. The standard InChI is InChI=1S/C20H33N/c1-14(2)17-8-10-18(11-9-17)20(21-5)13-19-12-15(3)6-7-16(19)4/h6-7,12,14,17-18,20-21H,8-11,13H2,1-5H3. The van der Waals surface area contributed by atoms with Gasteiger partial charge in [-0.25, -0.2) is 0 Å². The minimum Gasteiger partial charge on any atom is -0.316 e. The lowest BCUT2D eigenvalue weighted by Crippen LogP contribution is -2.38. The predicted octanol–water partition coefficient (Wildman–Crippen LogP) is 4.90. The molecule has 0 aliphatic heterocycles. The van der Waals surface area contributed by atoms with Crippen molar-refractivity contribution in [2.75, 3.05) is 7.05 Å². The SMILES string of the molecule is CNC(Cc1cc(C)ccc1C)C1CCC(C(C)C)CC1. The summed E-state index contributed by atoms with van der Waals surface area (Å²) in [4.78, 5) is 0. The van der Waals surface area contributed by atoms with Crippen molar-refractivity contribution in [3.63, 3.8) is 0 Å². The van der Waals surface area contributed by atoms with Crippen LogP contribution in [0.5, 0.6) is 0 Å². The number of rotatable bonds is 5. The Balaban J connectivity index is 1.99. The van der Waals surface area contributed by atoms with E-state index in [2.05, 4.69) is 58.3 Å². The zero-order chi connectivity index (χ0) is 15.4. The van der Waals surface area contributed by atoms with E-state index in [1.165, 1.54) is 48.8 Å². The van der Waals surface area contributed by atoms with Gasteiger partial charge in [0.25, 0.3) is 0 Å². The summed E-state index contributed by atoms with van der Waals surface area (Å²) in [5, 5.41) is 3.61. The topological polar surface area (TPSA) is 12.0 Å². The molecule has 0 bridgehead atoms. The van der Waals surface area contributed by atoms with E-state index in [1.807, 2.05) is 0 Å². The van der Waals surface area contributed by atoms with Gasteiger partial charge in [0.1, 0.15) is 0 Å². The lowest BCUT2D eigenvalue weighted by molar-refractivity contribution is 0.191. The average Bonchev–Trinajstić information content (AvgIpc) is 2.48. The highest BCUT2D eigenvalue weighted by atomic mass is 14.9. The Morgan fingerprint density at radius 1 is 1.05 bits per heavy atom. The smallest absolute Gasteiger partial charge is 0.0133 e. The van der Waals surface area contributed by atoms with Crippen molar-refractivity contribution in [3.8, 4) is 0 Å². The predicted molar refractivity (Wildman–Crippen MR) is 92.8 cm³/mol. The average molecular weight is 287 g/mol. The van der Waals surface area contributed by atoms with Gasteiger partial charge in [-0.05, 0) is 81.9 Å². The van der Waals surface area contributed by atoms with Gasteiger partial charge >= 0.3 is 0 Å². The summed E-state index contributed by atoms with van der Waals surface area (Å²) in [6.45, 7) is 9.22. The van der Waals surface area contributed by atoms with Gasteiger partial charge in [0, 0.05) is 6.04 Å². The highest BCUT2D eigenvalue weighted by Gasteiger charge is 2.28. The first kappa shape index (κ1) is 16.5. The second-order valence-electron chi connectivity index (χ2n) is 7.45. The van der Waals surface area contributed by atoms with Gasteiger partial charge in [-0.1, -0.05) is 37.6 Å². The summed E-state index contributed by atoms with van der Waals surface area (Å²) in [6, 6.07) is 7.51. The van der Waals surface area contributed by atoms with E-state index in [0.717, 1.165) is 17.8 Å². The molecule has 1 atom stereocenters. The second kappa shape index (κ2) is 7.45.